The first-order valence-electron chi connectivity index (χ1n) is 10.7. The second-order valence-electron chi connectivity index (χ2n) is 9.78. The van der Waals surface area contributed by atoms with Crippen molar-refractivity contribution < 1.29 is 14.0 Å². The van der Waals surface area contributed by atoms with Crippen molar-refractivity contribution in [3.63, 3.8) is 0 Å². The van der Waals surface area contributed by atoms with Crippen LogP contribution in [0.15, 0.2) is 54.6 Å². The Bertz CT molecular complexity index is 858. The SMILES string of the molecule is COc1ccc(CN2C(=O)[C@@H]([C@@H](C)O[Si](C)(C)C(C)(C)C)[C@@H]2c2ccccc2)cc1. The smallest absolute Gasteiger partial charge is 0.231 e. The second kappa shape index (κ2) is 8.56. The lowest BCUT2D eigenvalue weighted by Crippen LogP contribution is -2.60. The van der Waals surface area contributed by atoms with Crippen LogP contribution in [-0.2, 0) is 15.8 Å². The minimum absolute atomic E-state index is 0.0283. The molecule has 162 valence electrons. The molecule has 1 amide bonds. The van der Waals surface area contributed by atoms with Crippen LogP contribution in [0.5, 0.6) is 5.75 Å². The average Bonchev–Trinajstić information content (AvgIpc) is 2.69. The number of rotatable bonds is 7. The highest BCUT2D eigenvalue weighted by molar-refractivity contribution is 6.74. The van der Waals surface area contributed by atoms with E-state index in [0.29, 0.717) is 6.54 Å². The van der Waals surface area contributed by atoms with Gasteiger partial charge in [-0.1, -0.05) is 63.2 Å². The normalized spacial score (nSPS) is 20.6. The molecule has 30 heavy (non-hydrogen) atoms. The summed E-state index contributed by atoms with van der Waals surface area (Å²) in [6.07, 6.45) is -0.115. The van der Waals surface area contributed by atoms with Gasteiger partial charge in [0.25, 0.3) is 0 Å². The molecule has 4 nitrogen and oxygen atoms in total. The molecule has 0 radical (unpaired) electrons. The highest BCUT2D eigenvalue weighted by atomic mass is 28.4. The van der Waals surface area contributed by atoms with Crippen molar-refractivity contribution in [2.45, 2.75) is 64.5 Å². The molecule has 3 atom stereocenters. The number of amides is 1. The lowest BCUT2D eigenvalue weighted by molar-refractivity contribution is -0.165. The minimum atomic E-state index is -1.96. The second-order valence-corrected chi connectivity index (χ2v) is 14.5. The number of likely N-dealkylation sites (tertiary alicyclic amines) is 1. The number of hydrogen-bond acceptors (Lipinski definition) is 3. The van der Waals surface area contributed by atoms with Gasteiger partial charge in [-0.25, -0.2) is 0 Å². The van der Waals surface area contributed by atoms with Crippen molar-refractivity contribution >= 4 is 14.2 Å². The summed E-state index contributed by atoms with van der Waals surface area (Å²) in [6, 6.07) is 18.3. The summed E-state index contributed by atoms with van der Waals surface area (Å²) >= 11 is 0. The zero-order valence-corrected chi connectivity index (χ0v) is 20.3. The molecule has 2 aromatic rings. The predicted molar refractivity (Wildman–Crippen MR) is 124 cm³/mol. The molecule has 2 aromatic carbocycles. The summed E-state index contributed by atoms with van der Waals surface area (Å²) in [6.45, 7) is 13.9. The van der Waals surface area contributed by atoms with Crippen molar-refractivity contribution in [2.24, 2.45) is 5.92 Å². The number of carbonyl (C=O) groups is 1. The maximum absolute atomic E-state index is 13.3. The lowest BCUT2D eigenvalue weighted by atomic mass is 9.79. The average molecular weight is 426 g/mol. The Morgan fingerprint density at radius 2 is 1.63 bits per heavy atom. The van der Waals surface area contributed by atoms with Crippen LogP contribution < -0.4 is 4.74 Å². The van der Waals surface area contributed by atoms with Crippen LogP contribution in [0.2, 0.25) is 18.1 Å². The van der Waals surface area contributed by atoms with E-state index in [1.807, 2.05) is 47.4 Å². The van der Waals surface area contributed by atoms with E-state index in [0.717, 1.165) is 11.3 Å². The maximum Gasteiger partial charge on any atom is 0.231 e. The van der Waals surface area contributed by atoms with Crippen LogP contribution in [-0.4, -0.2) is 32.3 Å². The standard InChI is InChI=1S/C25H35NO3Si/c1-18(29-30(6,7)25(2,3)4)22-23(20-11-9-8-10-12-20)26(24(22)27)17-19-13-15-21(28-5)16-14-19/h8-16,18,22-23H,17H2,1-7H3/t18-,22+,23+/m1/s1. The van der Waals surface area contributed by atoms with Crippen LogP contribution in [0.25, 0.3) is 0 Å². The van der Waals surface area contributed by atoms with Gasteiger partial charge >= 0.3 is 0 Å². The Kier molecular flexibility index (Phi) is 6.44. The molecular formula is C25H35NO3Si. The fourth-order valence-corrected chi connectivity index (χ4v) is 5.32. The molecule has 0 bridgehead atoms. The van der Waals surface area contributed by atoms with E-state index < -0.39 is 8.32 Å². The highest BCUT2D eigenvalue weighted by Crippen LogP contribution is 2.46. The molecule has 0 spiro atoms. The number of carbonyl (C=O) groups excluding carboxylic acids is 1. The van der Waals surface area contributed by atoms with Crippen LogP contribution in [0.1, 0.15) is 44.9 Å². The molecule has 0 unspecified atom stereocenters. The topological polar surface area (TPSA) is 38.8 Å². The number of hydrogen-bond donors (Lipinski definition) is 0. The zero-order chi connectivity index (χ0) is 22.1. The molecular weight excluding hydrogens is 390 g/mol. The van der Waals surface area contributed by atoms with Crippen LogP contribution in [0.4, 0.5) is 0 Å². The zero-order valence-electron chi connectivity index (χ0n) is 19.3. The monoisotopic (exact) mass is 425 g/mol. The molecule has 1 aliphatic rings. The molecule has 1 aliphatic heterocycles. The molecule has 1 fully saturated rings. The molecule has 0 aromatic heterocycles. The Balaban J connectivity index is 1.84. The van der Waals surface area contributed by atoms with Crippen LogP contribution in [0, 0.1) is 5.92 Å². The number of nitrogens with zero attached hydrogens (tertiary/aromatic N) is 1. The van der Waals surface area contributed by atoms with E-state index in [4.69, 9.17) is 9.16 Å². The van der Waals surface area contributed by atoms with Crippen molar-refractivity contribution in [2.75, 3.05) is 7.11 Å². The van der Waals surface area contributed by atoms with Gasteiger partial charge in [0.1, 0.15) is 5.75 Å². The largest absolute Gasteiger partial charge is 0.497 e. The third-order valence-electron chi connectivity index (χ3n) is 6.69. The summed E-state index contributed by atoms with van der Waals surface area (Å²) in [7, 11) is -0.304. The Morgan fingerprint density at radius 3 is 2.17 bits per heavy atom. The van der Waals surface area contributed by atoms with Gasteiger partial charge in [-0.15, -0.1) is 0 Å². The molecule has 0 saturated carbocycles. The van der Waals surface area contributed by atoms with Gasteiger partial charge in [-0.2, -0.15) is 0 Å². The summed E-state index contributed by atoms with van der Waals surface area (Å²) in [5.41, 5.74) is 2.27. The minimum Gasteiger partial charge on any atom is -0.497 e. The Hall–Kier alpha value is -2.11. The first kappa shape index (κ1) is 22.6. The summed E-state index contributed by atoms with van der Waals surface area (Å²) < 4.78 is 11.9. The molecule has 1 saturated heterocycles. The Morgan fingerprint density at radius 1 is 1.03 bits per heavy atom. The summed E-state index contributed by atoms with van der Waals surface area (Å²) in [5.74, 6) is 0.841. The fraction of sp³-hybridized carbons (Fsp3) is 0.480. The van der Waals surface area contributed by atoms with Gasteiger partial charge in [0.2, 0.25) is 5.91 Å². The number of methoxy groups -OCH3 is 1. The summed E-state index contributed by atoms with van der Waals surface area (Å²) in [4.78, 5) is 15.3. The third-order valence-corrected chi connectivity index (χ3v) is 11.3. The molecule has 0 aliphatic carbocycles. The van der Waals surface area contributed by atoms with Gasteiger partial charge in [-0.05, 0) is 48.3 Å². The van der Waals surface area contributed by atoms with Gasteiger partial charge in [-0.3, -0.25) is 4.79 Å². The van der Waals surface area contributed by atoms with E-state index in [9.17, 15) is 4.79 Å². The predicted octanol–water partition coefficient (Wildman–Crippen LogP) is 5.81. The first-order chi connectivity index (χ1) is 14.0. The van der Waals surface area contributed by atoms with Crippen molar-refractivity contribution in [1.82, 2.24) is 4.90 Å². The first-order valence-corrected chi connectivity index (χ1v) is 13.6. The quantitative estimate of drug-likeness (QED) is 0.415. The van der Waals surface area contributed by atoms with E-state index in [1.165, 1.54) is 5.56 Å². The van der Waals surface area contributed by atoms with Gasteiger partial charge in [0.05, 0.1) is 25.2 Å². The molecule has 5 heteroatoms. The fourth-order valence-electron chi connectivity index (χ4n) is 3.89. The van der Waals surface area contributed by atoms with Crippen molar-refractivity contribution in [3.8, 4) is 5.75 Å². The number of β-lactam (4-membered cyclic amide) rings is 1. The van der Waals surface area contributed by atoms with E-state index in [2.05, 4.69) is 52.9 Å². The van der Waals surface area contributed by atoms with E-state index >= 15 is 0 Å². The van der Waals surface area contributed by atoms with Crippen molar-refractivity contribution in [3.05, 3.63) is 65.7 Å². The van der Waals surface area contributed by atoms with Gasteiger partial charge in [0, 0.05) is 6.54 Å². The lowest BCUT2D eigenvalue weighted by Gasteiger charge is -2.51. The van der Waals surface area contributed by atoms with E-state index in [1.54, 1.807) is 7.11 Å². The van der Waals surface area contributed by atoms with E-state index in [-0.39, 0.29) is 29.0 Å². The molecule has 0 N–H and O–H groups in total. The van der Waals surface area contributed by atoms with Crippen LogP contribution >= 0.6 is 0 Å². The highest BCUT2D eigenvalue weighted by Gasteiger charge is 2.52. The molecule has 3 rings (SSSR count). The Labute approximate surface area is 182 Å². The van der Waals surface area contributed by atoms with Crippen LogP contribution in [0.3, 0.4) is 0 Å². The maximum atomic E-state index is 13.3. The van der Waals surface area contributed by atoms with Gasteiger partial charge < -0.3 is 14.1 Å². The molecule has 1 heterocycles. The van der Waals surface area contributed by atoms with Crippen molar-refractivity contribution in [1.29, 1.82) is 0 Å². The van der Waals surface area contributed by atoms with Gasteiger partial charge in [0.15, 0.2) is 8.32 Å². The number of benzene rings is 2. The number of ether oxygens (including phenoxy) is 1. The third kappa shape index (κ3) is 4.47. The summed E-state index contributed by atoms with van der Waals surface area (Å²) in [5, 5.41) is 0.110.